The van der Waals surface area contributed by atoms with Crippen molar-refractivity contribution in [1.82, 2.24) is 0 Å². The van der Waals surface area contributed by atoms with Gasteiger partial charge in [-0.1, -0.05) is 6.08 Å². The van der Waals surface area contributed by atoms with E-state index in [2.05, 4.69) is 0 Å². The van der Waals surface area contributed by atoms with E-state index in [-0.39, 0.29) is 5.95 Å². The average molecular weight is 226 g/mol. The summed E-state index contributed by atoms with van der Waals surface area (Å²) in [4.78, 5) is 11.4. The van der Waals surface area contributed by atoms with Gasteiger partial charge in [0.05, 0.1) is 5.57 Å². The Morgan fingerprint density at radius 1 is 1.27 bits per heavy atom. The summed E-state index contributed by atoms with van der Waals surface area (Å²) < 4.78 is 31.5. The number of hydrogen-bond acceptors (Lipinski definition) is 6. The van der Waals surface area contributed by atoms with Crippen LogP contribution in [0, 0.1) is 5.92 Å². The van der Waals surface area contributed by atoms with Gasteiger partial charge in [0, 0.05) is 0 Å². The van der Waals surface area contributed by atoms with Gasteiger partial charge in [0.1, 0.15) is 5.92 Å². The van der Waals surface area contributed by atoms with E-state index in [1.165, 1.54) is 0 Å². The number of phosphoric ester groups is 1. The third kappa shape index (κ3) is 0.733. The maximum absolute atomic E-state index is 11.7. The van der Waals surface area contributed by atoms with E-state index in [1.54, 1.807) is 12.2 Å². The van der Waals surface area contributed by atoms with Crippen molar-refractivity contribution in [1.29, 1.82) is 0 Å². The molecule has 0 aromatic carbocycles. The van der Waals surface area contributed by atoms with Crippen LogP contribution in [0.15, 0.2) is 35.2 Å². The lowest BCUT2D eigenvalue weighted by atomic mass is 9.94. The number of carbonyl (C=O) groups is 1. The van der Waals surface area contributed by atoms with E-state index in [9.17, 15) is 9.36 Å². The second-order valence-electron chi connectivity index (χ2n) is 3.37. The third-order valence-electron chi connectivity index (χ3n) is 2.49. The number of ether oxygens (including phenoxy) is 1. The molecule has 3 aliphatic heterocycles. The molecule has 4 aliphatic rings. The molecule has 0 aromatic rings. The van der Waals surface area contributed by atoms with Crippen molar-refractivity contribution in [3.05, 3.63) is 35.2 Å². The fourth-order valence-corrected chi connectivity index (χ4v) is 3.13. The Kier molecular flexibility index (Phi) is 0.996. The summed E-state index contributed by atoms with van der Waals surface area (Å²) in [5, 5.41) is 0. The fourth-order valence-electron chi connectivity index (χ4n) is 1.88. The third-order valence-corrected chi connectivity index (χ3v) is 3.71. The topological polar surface area (TPSA) is 71.1 Å². The predicted molar refractivity (Wildman–Crippen MR) is 43.6 cm³/mol. The zero-order valence-corrected chi connectivity index (χ0v) is 8.02. The summed E-state index contributed by atoms with van der Waals surface area (Å²) in [7, 11) is -3.62. The van der Waals surface area contributed by atoms with Gasteiger partial charge in [-0.25, -0.2) is 0 Å². The largest absolute Gasteiger partial charge is 0.649 e. The minimum Gasteiger partial charge on any atom is -0.391 e. The van der Waals surface area contributed by atoms with Crippen LogP contribution < -0.4 is 0 Å². The van der Waals surface area contributed by atoms with Crippen molar-refractivity contribution >= 4 is 13.8 Å². The molecule has 2 atom stereocenters. The SMILES string of the molecule is O=C1OC2=C3C4=C(C=CC13)OP(=O)(O2)O4. The van der Waals surface area contributed by atoms with Crippen LogP contribution in [0.3, 0.4) is 0 Å². The quantitative estimate of drug-likeness (QED) is 0.458. The van der Waals surface area contributed by atoms with Crippen molar-refractivity contribution in [3.8, 4) is 0 Å². The number of carbonyl (C=O) groups excluding carboxylic acids is 1. The van der Waals surface area contributed by atoms with Crippen LogP contribution >= 0.6 is 7.82 Å². The molecule has 1 aliphatic carbocycles. The van der Waals surface area contributed by atoms with E-state index in [4.69, 9.17) is 18.3 Å². The van der Waals surface area contributed by atoms with Crippen LogP contribution in [-0.2, 0) is 27.7 Å². The molecule has 0 N–H and O–H groups in total. The summed E-state index contributed by atoms with van der Waals surface area (Å²) in [6, 6.07) is 0. The highest BCUT2D eigenvalue weighted by Gasteiger charge is 2.56. The van der Waals surface area contributed by atoms with Gasteiger partial charge in [-0.15, -0.1) is 0 Å². The van der Waals surface area contributed by atoms with E-state index in [0.29, 0.717) is 17.1 Å². The smallest absolute Gasteiger partial charge is 0.391 e. The zero-order valence-electron chi connectivity index (χ0n) is 7.13. The molecular weight excluding hydrogens is 223 g/mol. The maximum Gasteiger partial charge on any atom is 0.649 e. The molecule has 2 unspecified atom stereocenters. The highest BCUT2D eigenvalue weighted by molar-refractivity contribution is 7.49. The Morgan fingerprint density at radius 3 is 3.00 bits per heavy atom. The number of fused-ring (bicyclic) bond motifs is 1. The van der Waals surface area contributed by atoms with Crippen LogP contribution in [0.2, 0.25) is 0 Å². The molecule has 0 fully saturated rings. The summed E-state index contributed by atoms with van der Waals surface area (Å²) in [6.07, 6.45) is 3.15. The normalized spacial score (nSPS) is 38.7. The van der Waals surface area contributed by atoms with Crippen LogP contribution in [0.25, 0.3) is 0 Å². The Balaban J connectivity index is 2.04. The molecule has 0 saturated carbocycles. The number of esters is 1. The minimum absolute atomic E-state index is 0.0473. The first-order valence-corrected chi connectivity index (χ1v) is 5.70. The average Bonchev–Trinajstić information content (AvgIpc) is 2.63. The lowest BCUT2D eigenvalue weighted by Crippen LogP contribution is -2.13. The summed E-state index contributed by atoms with van der Waals surface area (Å²) in [5.74, 6) is -0.397. The summed E-state index contributed by atoms with van der Waals surface area (Å²) in [6.45, 7) is 0. The van der Waals surface area contributed by atoms with Gasteiger partial charge in [0.15, 0.2) is 11.5 Å². The van der Waals surface area contributed by atoms with Crippen molar-refractivity contribution in [2.45, 2.75) is 0 Å². The molecular formula is C8H3O6P. The Hall–Kier alpha value is -1.68. The molecule has 76 valence electrons. The number of hydrogen-bond donors (Lipinski definition) is 0. The van der Waals surface area contributed by atoms with Crippen molar-refractivity contribution in [3.63, 3.8) is 0 Å². The van der Waals surface area contributed by atoms with Gasteiger partial charge in [0.2, 0.25) is 0 Å². The van der Waals surface area contributed by atoms with Crippen molar-refractivity contribution in [2.24, 2.45) is 5.92 Å². The van der Waals surface area contributed by atoms with Crippen molar-refractivity contribution in [2.75, 3.05) is 0 Å². The van der Waals surface area contributed by atoms with Crippen LogP contribution in [0.4, 0.5) is 0 Å². The second-order valence-corrected chi connectivity index (χ2v) is 4.82. The van der Waals surface area contributed by atoms with Crippen LogP contribution in [0.1, 0.15) is 0 Å². The maximum atomic E-state index is 11.7. The van der Waals surface area contributed by atoms with Crippen molar-refractivity contribution < 1.29 is 27.7 Å². The Morgan fingerprint density at radius 2 is 2.13 bits per heavy atom. The highest BCUT2D eigenvalue weighted by Crippen LogP contribution is 2.67. The molecule has 6 nitrogen and oxygen atoms in total. The molecule has 0 radical (unpaired) electrons. The monoisotopic (exact) mass is 226 g/mol. The first kappa shape index (κ1) is 7.59. The van der Waals surface area contributed by atoms with Gasteiger partial charge in [-0.2, -0.15) is 4.57 Å². The standard InChI is InChI=1S/C8H3O6P/c9-7-3-1-2-4-6-5(3)8(11-7)14-15(10,12-4)13-6/h1-3H. The van der Waals surface area contributed by atoms with Gasteiger partial charge < -0.3 is 18.3 Å². The van der Waals surface area contributed by atoms with Gasteiger partial charge in [-0.05, 0) is 6.08 Å². The molecule has 2 bridgehead atoms. The fraction of sp³-hybridized carbons (Fsp3) is 0.125. The Bertz CT molecular complexity index is 553. The first-order valence-electron chi connectivity index (χ1n) is 4.24. The summed E-state index contributed by atoms with van der Waals surface area (Å²) >= 11 is 0. The lowest BCUT2D eigenvalue weighted by Gasteiger charge is -2.16. The molecule has 0 saturated heterocycles. The van der Waals surface area contributed by atoms with E-state index in [0.717, 1.165) is 0 Å². The molecule has 0 aromatic heterocycles. The van der Waals surface area contributed by atoms with E-state index < -0.39 is 19.7 Å². The minimum atomic E-state index is -3.62. The molecule has 0 spiro atoms. The number of phosphoric acid groups is 1. The zero-order chi connectivity index (χ0) is 10.2. The molecule has 7 heteroatoms. The van der Waals surface area contributed by atoms with Gasteiger partial charge in [0.25, 0.3) is 0 Å². The first-order chi connectivity index (χ1) is 7.16. The molecule has 0 amide bonds. The molecule has 3 heterocycles. The van der Waals surface area contributed by atoms with E-state index in [1.807, 2.05) is 0 Å². The van der Waals surface area contributed by atoms with Gasteiger partial charge >= 0.3 is 19.7 Å². The van der Waals surface area contributed by atoms with Gasteiger partial charge in [-0.3, -0.25) is 4.79 Å². The van der Waals surface area contributed by atoms with E-state index >= 15 is 0 Å². The number of allylic oxidation sites excluding steroid dienone is 2. The lowest BCUT2D eigenvalue weighted by molar-refractivity contribution is -0.141. The predicted octanol–water partition coefficient (Wildman–Crippen LogP) is 1.34. The Labute approximate surface area is 83.4 Å². The highest BCUT2D eigenvalue weighted by atomic mass is 31.2. The van der Waals surface area contributed by atoms with Crippen LogP contribution in [0.5, 0.6) is 0 Å². The molecule has 15 heavy (non-hydrogen) atoms. The summed E-state index contributed by atoms with van der Waals surface area (Å²) in [5.41, 5.74) is 0.474. The number of rotatable bonds is 0. The van der Waals surface area contributed by atoms with Crippen LogP contribution in [-0.4, -0.2) is 5.97 Å². The molecule has 4 rings (SSSR count). The second kappa shape index (κ2) is 1.97.